The number of aromatic nitrogens is 1. The first kappa shape index (κ1) is 15.4. The van der Waals surface area contributed by atoms with Gasteiger partial charge < -0.3 is 10.2 Å². The first-order valence-corrected chi connectivity index (χ1v) is 7.97. The van der Waals surface area contributed by atoms with Gasteiger partial charge in [-0.1, -0.05) is 35.1 Å². The number of hydrogen-bond donors (Lipinski definition) is 1. The molecule has 0 bridgehead atoms. The number of fused-ring (bicyclic) bond motifs is 1. The summed E-state index contributed by atoms with van der Waals surface area (Å²) < 4.78 is 14.5. The number of anilines is 2. The summed E-state index contributed by atoms with van der Waals surface area (Å²) in [6, 6.07) is 12.5. The minimum Gasteiger partial charge on any atom is -0.342 e. The van der Waals surface area contributed by atoms with E-state index in [0.717, 1.165) is 16.0 Å². The lowest BCUT2D eigenvalue weighted by Crippen LogP contribution is -2.29. The summed E-state index contributed by atoms with van der Waals surface area (Å²) >= 11 is 1.36. The van der Waals surface area contributed by atoms with Crippen molar-refractivity contribution in [2.75, 3.05) is 23.8 Å². The highest BCUT2D eigenvalue weighted by Crippen LogP contribution is 2.29. The molecule has 23 heavy (non-hydrogen) atoms. The number of benzene rings is 2. The molecule has 0 spiro atoms. The number of aryl methyl sites for hydroxylation is 1. The molecule has 0 aliphatic carbocycles. The van der Waals surface area contributed by atoms with E-state index in [4.69, 9.17) is 0 Å². The zero-order chi connectivity index (χ0) is 16.4. The third-order valence-corrected chi connectivity index (χ3v) is 4.54. The predicted octanol–water partition coefficient (Wildman–Crippen LogP) is 3.82. The van der Waals surface area contributed by atoms with Crippen LogP contribution >= 0.6 is 11.3 Å². The Hall–Kier alpha value is -2.47. The van der Waals surface area contributed by atoms with Crippen LogP contribution in [-0.4, -0.2) is 24.5 Å². The van der Waals surface area contributed by atoms with E-state index >= 15 is 0 Å². The third-order valence-electron chi connectivity index (χ3n) is 3.40. The third kappa shape index (κ3) is 3.48. The van der Waals surface area contributed by atoms with Gasteiger partial charge in [-0.15, -0.1) is 0 Å². The molecule has 1 aromatic heterocycles. The number of rotatable bonds is 4. The maximum absolute atomic E-state index is 13.7. The Balaban J connectivity index is 1.69. The quantitative estimate of drug-likeness (QED) is 0.791. The van der Waals surface area contributed by atoms with E-state index in [-0.39, 0.29) is 18.3 Å². The van der Waals surface area contributed by atoms with Gasteiger partial charge in [0.05, 0.1) is 11.2 Å². The second kappa shape index (κ2) is 6.34. The number of carbonyl (C=O) groups is 1. The molecule has 3 rings (SSSR count). The number of hydrogen-bond acceptors (Lipinski definition) is 4. The molecular weight excluding hydrogens is 313 g/mol. The molecule has 0 radical (unpaired) electrons. The molecular formula is C17H16FN3OS. The van der Waals surface area contributed by atoms with E-state index in [1.165, 1.54) is 17.4 Å². The van der Waals surface area contributed by atoms with Gasteiger partial charge in [0.25, 0.3) is 0 Å². The summed E-state index contributed by atoms with van der Waals surface area (Å²) in [6.07, 6.45) is 0. The lowest BCUT2D eigenvalue weighted by atomic mass is 10.2. The SMILES string of the molecule is Cc1ccc(NC(=O)CN(C)c2nc3c(F)cccc3s2)cc1. The Morgan fingerprint density at radius 3 is 2.70 bits per heavy atom. The van der Waals surface area contributed by atoms with Crippen molar-refractivity contribution in [1.29, 1.82) is 0 Å². The zero-order valence-corrected chi connectivity index (χ0v) is 13.7. The number of thiazole rings is 1. The molecule has 0 aliphatic rings. The summed E-state index contributed by atoms with van der Waals surface area (Å²) in [7, 11) is 1.77. The highest BCUT2D eigenvalue weighted by atomic mass is 32.1. The molecule has 1 N–H and O–H groups in total. The maximum Gasteiger partial charge on any atom is 0.243 e. The van der Waals surface area contributed by atoms with Gasteiger partial charge >= 0.3 is 0 Å². The molecule has 0 saturated heterocycles. The number of amides is 1. The molecule has 118 valence electrons. The number of carbonyl (C=O) groups excluding carboxylic acids is 1. The summed E-state index contributed by atoms with van der Waals surface area (Å²) in [4.78, 5) is 18.1. The summed E-state index contributed by atoms with van der Waals surface area (Å²) in [5, 5.41) is 3.45. The monoisotopic (exact) mass is 329 g/mol. The van der Waals surface area contributed by atoms with Crippen molar-refractivity contribution in [2.45, 2.75) is 6.92 Å². The topological polar surface area (TPSA) is 45.2 Å². The van der Waals surface area contributed by atoms with Crippen molar-refractivity contribution >= 4 is 38.3 Å². The van der Waals surface area contributed by atoms with Gasteiger partial charge in [0.1, 0.15) is 11.3 Å². The first-order valence-electron chi connectivity index (χ1n) is 7.15. The molecule has 4 nitrogen and oxygen atoms in total. The lowest BCUT2D eigenvalue weighted by Gasteiger charge is -2.15. The molecule has 0 atom stereocenters. The minimum atomic E-state index is -0.345. The Morgan fingerprint density at radius 2 is 2.00 bits per heavy atom. The van der Waals surface area contributed by atoms with Crippen LogP contribution in [-0.2, 0) is 4.79 Å². The molecule has 0 aliphatic heterocycles. The smallest absolute Gasteiger partial charge is 0.243 e. The van der Waals surface area contributed by atoms with Crippen molar-refractivity contribution in [3.05, 3.63) is 53.8 Å². The van der Waals surface area contributed by atoms with Crippen molar-refractivity contribution < 1.29 is 9.18 Å². The first-order chi connectivity index (χ1) is 11.0. The molecule has 0 saturated carbocycles. The maximum atomic E-state index is 13.7. The number of nitrogens with one attached hydrogen (secondary N) is 1. The molecule has 1 amide bonds. The van der Waals surface area contributed by atoms with Crippen molar-refractivity contribution in [2.24, 2.45) is 0 Å². The molecule has 0 unspecified atom stereocenters. The van der Waals surface area contributed by atoms with Crippen LogP contribution in [0.5, 0.6) is 0 Å². The van der Waals surface area contributed by atoms with Crippen LogP contribution in [0, 0.1) is 12.7 Å². The van der Waals surface area contributed by atoms with Gasteiger partial charge in [-0.05, 0) is 31.2 Å². The fourth-order valence-electron chi connectivity index (χ4n) is 2.19. The highest BCUT2D eigenvalue weighted by molar-refractivity contribution is 7.22. The van der Waals surface area contributed by atoms with E-state index < -0.39 is 0 Å². The van der Waals surface area contributed by atoms with E-state index in [1.54, 1.807) is 18.0 Å². The van der Waals surface area contributed by atoms with E-state index in [0.29, 0.717) is 10.6 Å². The number of para-hydroxylation sites is 1. The number of likely N-dealkylation sites (N-methyl/N-ethyl adjacent to an activating group) is 1. The standard InChI is InChI=1S/C17H16FN3OS/c1-11-6-8-12(9-7-11)19-15(22)10-21(2)17-20-16-13(18)4-3-5-14(16)23-17/h3-9H,10H2,1-2H3,(H,19,22). The van der Waals surface area contributed by atoms with E-state index in [2.05, 4.69) is 10.3 Å². The van der Waals surface area contributed by atoms with Gasteiger partial charge in [-0.2, -0.15) is 0 Å². The van der Waals surface area contributed by atoms with Gasteiger partial charge in [0.2, 0.25) is 5.91 Å². The average molecular weight is 329 g/mol. The van der Waals surface area contributed by atoms with Crippen molar-refractivity contribution in [3.8, 4) is 0 Å². The molecule has 0 fully saturated rings. The van der Waals surface area contributed by atoms with Gasteiger partial charge in [0.15, 0.2) is 5.13 Å². The summed E-state index contributed by atoms with van der Waals surface area (Å²) in [6.45, 7) is 2.14. The highest BCUT2D eigenvalue weighted by Gasteiger charge is 2.14. The van der Waals surface area contributed by atoms with Crippen LogP contribution in [0.1, 0.15) is 5.56 Å². The van der Waals surface area contributed by atoms with Gasteiger partial charge in [-0.3, -0.25) is 4.79 Å². The van der Waals surface area contributed by atoms with E-state index in [9.17, 15) is 9.18 Å². The molecule has 1 heterocycles. The Kier molecular flexibility index (Phi) is 4.25. The summed E-state index contributed by atoms with van der Waals surface area (Å²) in [5.41, 5.74) is 2.24. The largest absolute Gasteiger partial charge is 0.342 e. The zero-order valence-electron chi connectivity index (χ0n) is 12.8. The summed E-state index contributed by atoms with van der Waals surface area (Å²) in [5.74, 6) is -0.487. The average Bonchev–Trinajstić information content (AvgIpc) is 2.95. The Morgan fingerprint density at radius 1 is 1.26 bits per heavy atom. The molecule has 3 aromatic rings. The van der Waals surface area contributed by atoms with Crippen LogP contribution < -0.4 is 10.2 Å². The van der Waals surface area contributed by atoms with Crippen LogP contribution in [0.3, 0.4) is 0 Å². The minimum absolute atomic E-state index is 0.143. The van der Waals surface area contributed by atoms with Crippen molar-refractivity contribution in [3.63, 3.8) is 0 Å². The van der Waals surface area contributed by atoms with E-state index in [1.807, 2.05) is 37.3 Å². The fraction of sp³-hybridized carbons (Fsp3) is 0.176. The second-order valence-corrected chi connectivity index (χ2v) is 6.36. The van der Waals surface area contributed by atoms with Crippen LogP contribution in [0.2, 0.25) is 0 Å². The predicted molar refractivity (Wildman–Crippen MR) is 92.7 cm³/mol. The Bertz CT molecular complexity index is 845. The Labute approximate surface area is 137 Å². The van der Waals surface area contributed by atoms with Gasteiger partial charge in [-0.25, -0.2) is 9.37 Å². The number of halogens is 1. The molecule has 2 aromatic carbocycles. The molecule has 6 heteroatoms. The fourth-order valence-corrected chi connectivity index (χ4v) is 3.13. The van der Waals surface area contributed by atoms with Crippen LogP contribution in [0.4, 0.5) is 15.2 Å². The van der Waals surface area contributed by atoms with Crippen LogP contribution in [0.25, 0.3) is 10.2 Å². The van der Waals surface area contributed by atoms with Crippen molar-refractivity contribution in [1.82, 2.24) is 4.98 Å². The lowest BCUT2D eigenvalue weighted by molar-refractivity contribution is -0.114. The van der Waals surface area contributed by atoms with Gasteiger partial charge in [0, 0.05) is 12.7 Å². The normalized spacial score (nSPS) is 10.7. The second-order valence-electron chi connectivity index (χ2n) is 5.35. The number of nitrogens with zero attached hydrogens (tertiary/aromatic N) is 2. The van der Waals surface area contributed by atoms with Crippen LogP contribution in [0.15, 0.2) is 42.5 Å².